The van der Waals surface area contributed by atoms with Crippen LogP contribution in [0.5, 0.6) is 0 Å². The molecule has 2 aromatic rings. The van der Waals surface area contributed by atoms with Gasteiger partial charge in [0.2, 0.25) is 0 Å². The molecular formula is C13H15NO2. The number of aromatic carboxylic acids is 1. The van der Waals surface area contributed by atoms with Crippen LogP contribution in [-0.4, -0.2) is 15.6 Å². The Bertz CT molecular complexity index is 552. The standard InChI is InChI=1S/C13H15NO2/c1-8(2)14-11-6-9(3)4-5-10(11)7-12(14)13(15)16/h4-8H,1-3H3,(H,15,16). The molecule has 3 heteroatoms. The van der Waals surface area contributed by atoms with Gasteiger partial charge in [0, 0.05) is 16.9 Å². The summed E-state index contributed by atoms with van der Waals surface area (Å²) < 4.78 is 1.87. The van der Waals surface area contributed by atoms with E-state index in [2.05, 4.69) is 0 Å². The molecule has 0 bridgehead atoms. The summed E-state index contributed by atoms with van der Waals surface area (Å²) >= 11 is 0. The van der Waals surface area contributed by atoms with E-state index in [1.165, 1.54) is 0 Å². The van der Waals surface area contributed by atoms with Crippen molar-refractivity contribution in [2.24, 2.45) is 0 Å². The predicted octanol–water partition coefficient (Wildman–Crippen LogP) is 3.23. The van der Waals surface area contributed by atoms with E-state index in [-0.39, 0.29) is 6.04 Å². The van der Waals surface area contributed by atoms with Gasteiger partial charge in [-0.1, -0.05) is 12.1 Å². The molecule has 0 saturated carbocycles. The van der Waals surface area contributed by atoms with Gasteiger partial charge in [0.05, 0.1) is 0 Å². The average molecular weight is 217 g/mol. The maximum absolute atomic E-state index is 11.2. The van der Waals surface area contributed by atoms with E-state index >= 15 is 0 Å². The topological polar surface area (TPSA) is 42.2 Å². The summed E-state index contributed by atoms with van der Waals surface area (Å²) in [7, 11) is 0. The molecule has 16 heavy (non-hydrogen) atoms. The molecule has 0 atom stereocenters. The van der Waals surface area contributed by atoms with Crippen molar-refractivity contribution in [3.05, 3.63) is 35.5 Å². The van der Waals surface area contributed by atoms with Gasteiger partial charge < -0.3 is 9.67 Å². The summed E-state index contributed by atoms with van der Waals surface area (Å²) in [5, 5.41) is 10.1. The highest BCUT2D eigenvalue weighted by molar-refractivity contribution is 5.95. The molecule has 3 nitrogen and oxygen atoms in total. The Labute approximate surface area is 94.3 Å². The van der Waals surface area contributed by atoms with Gasteiger partial charge >= 0.3 is 5.97 Å². The van der Waals surface area contributed by atoms with Crippen LogP contribution in [0.15, 0.2) is 24.3 Å². The number of nitrogens with zero attached hydrogens (tertiary/aromatic N) is 1. The number of hydrogen-bond acceptors (Lipinski definition) is 1. The van der Waals surface area contributed by atoms with Crippen molar-refractivity contribution in [2.75, 3.05) is 0 Å². The first-order valence-electron chi connectivity index (χ1n) is 5.35. The second kappa shape index (κ2) is 3.67. The van der Waals surface area contributed by atoms with Crippen molar-refractivity contribution < 1.29 is 9.90 Å². The maximum atomic E-state index is 11.2. The van der Waals surface area contributed by atoms with Gasteiger partial charge in [-0.2, -0.15) is 0 Å². The first-order valence-corrected chi connectivity index (χ1v) is 5.35. The van der Waals surface area contributed by atoms with E-state index in [0.717, 1.165) is 16.5 Å². The highest BCUT2D eigenvalue weighted by Crippen LogP contribution is 2.25. The molecule has 0 spiro atoms. The zero-order valence-electron chi connectivity index (χ0n) is 9.69. The van der Waals surface area contributed by atoms with Crippen molar-refractivity contribution >= 4 is 16.9 Å². The van der Waals surface area contributed by atoms with Gasteiger partial charge in [0.25, 0.3) is 0 Å². The molecular weight excluding hydrogens is 202 g/mol. The third kappa shape index (κ3) is 1.58. The van der Waals surface area contributed by atoms with Crippen LogP contribution in [0, 0.1) is 6.92 Å². The summed E-state index contributed by atoms with van der Waals surface area (Å²) in [5.41, 5.74) is 2.49. The zero-order chi connectivity index (χ0) is 11.9. The SMILES string of the molecule is Cc1ccc2cc(C(=O)O)n(C(C)C)c2c1. The van der Waals surface area contributed by atoms with E-state index < -0.39 is 5.97 Å². The van der Waals surface area contributed by atoms with Crippen LogP contribution < -0.4 is 0 Å². The molecule has 0 radical (unpaired) electrons. The molecule has 0 aliphatic carbocycles. The smallest absolute Gasteiger partial charge is 0.352 e. The minimum Gasteiger partial charge on any atom is -0.477 e. The Hall–Kier alpha value is -1.77. The highest BCUT2D eigenvalue weighted by Gasteiger charge is 2.16. The molecule has 1 aromatic carbocycles. The Morgan fingerprint density at radius 1 is 1.31 bits per heavy atom. The van der Waals surface area contributed by atoms with Crippen molar-refractivity contribution in [2.45, 2.75) is 26.8 Å². The largest absolute Gasteiger partial charge is 0.477 e. The Balaban J connectivity index is 2.82. The molecule has 0 amide bonds. The second-order valence-corrected chi connectivity index (χ2v) is 4.36. The summed E-state index contributed by atoms with van der Waals surface area (Å²) in [6.07, 6.45) is 0. The lowest BCUT2D eigenvalue weighted by atomic mass is 10.2. The van der Waals surface area contributed by atoms with Gasteiger partial charge in [-0.25, -0.2) is 4.79 Å². The molecule has 1 heterocycles. The minimum absolute atomic E-state index is 0.144. The van der Waals surface area contributed by atoms with Crippen LogP contribution in [0.25, 0.3) is 10.9 Å². The van der Waals surface area contributed by atoms with Crippen LogP contribution in [0.3, 0.4) is 0 Å². The normalized spacial score (nSPS) is 11.2. The number of aromatic nitrogens is 1. The summed E-state index contributed by atoms with van der Waals surface area (Å²) in [4.78, 5) is 11.2. The lowest BCUT2D eigenvalue weighted by Gasteiger charge is -2.12. The predicted molar refractivity (Wildman–Crippen MR) is 64.0 cm³/mol. The summed E-state index contributed by atoms with van der Waals surface area (Å²) in [6, 6.07) is 7.87. The average Bonchev–Trinajstić information content (AvgIpc) is 2.55. The third-order valence-electron chi connectivity index (χ3n) is 2.73. The number of hydrogen-bond donors (Lipinski definition) is 1. The first-order chi connectivity index (χ1) is 7.50. The Morgan fingerprint density at radius 2 is 2.00 bits per heavy atom. The number of carboxylic acids is 1. The Kier molecular flexibility index (Phi) is 2.46. The number of benzene rings is 1. The third-order valence-corrected chi connectivity index (χ3v) is 2.73. The molecule has 2 rings (SSSR count). The fourth-order valence-corrected chi connectivity index (χ4v) is 2.05. The van der Waals surface area contributed by atoms with Gasteiger partial charge in [-0.05, 0) is 38.5 Å². The van der Waals surface area contributed by atoms with Crippen molar-refractivity contribution in [1.82, 2.24) is 4.57 Å². The van der Waals surface area contributed by atoms with Crippen LogP contribution in [0.1, 0.15) is 35.9 Å². The fourth-order valence-electron chi connectivity index (χ4n) is 2.05. The summed E-state index contributed by atoms with van der Waals surface area (Å²) in [6.45, 7) is 6.00. The van der Waals surface area contributed by atoms with E-state index in [1.54, 1.807) is 6.07 Å². The van der Waals surface area contributed by atoms with Crippen molar-refractivity contribution in [3.63, 3.8) is 0 Å². The Morgan fingerprint density at radius 3 is 2.56 bits per heavy atom. The van der Waals surface area contributed by atoms with E-state index in [1.807, 2.05) is 43.5 Å². The fraction of sp³-hybridized carbons (Fsp3) is 0.308. The molecule has 0 saturated heterocycles. The van der Waals surface area contributed by atoms with E-state index in [4.69, 9.17) is 5.11 Å². The molecule has 0 aliphatic rings. The number of fused-ring (bicyclic) bond motifs is 1. The number of carbonyl (C=O) groups is 1. The van der Waals surface area contributed by atoms with E-state index in [0.29, 0.717) is 5.69 Å². The van der Waals surface area contributed by atoms with Crippen LogP contribution in [0.4, 0.5) is 0 Å². The molecule has 0 aliphatic heterocycles. The van der Waals surface area contributed by atoms with E-state index in [9.17, 15) is 4.79 Å². The molecule has 0 unspecified atom stereocenters. The van der Waals surface area contributed by atoms with Crippen LogP contribution >= 0.6 is 0 Å². The maximum Gasteiger partial charge on any atom is 0.352 e. The van der Waals surface area contributed by atoms with Crippen LogP contribution in [0.2, 0.25) is 0 Å². The van der Waals surface area contributed by atoms with Crippen LogP contribution in [-0.2, 0) is 0 Å². The van der Waals surface area contributed by atoms with Gasteiger partial charge in [0.1, 0.15) is 5.69 Å². The van der Waals surface area contributed by atoms with Gasteiger partial charge in [-0.3, -0.25) is 0 Å². The quantitative estimate of drug-likeness (QED) is 0.839. The van der Waals surface area contributed by atoms with Crippen molar-refractivity contribution in [3.8, 4) is 0 Å². The molecule has 1 aromatic heterocycles. The monoisotopic (exact) mass is 217 g/mol. The number of aryl methyl sites for hydroxylation is 1. The second-order valence-electron chi connectivity index (χ2n) is 4.36. The van der Waals surface area contributed by atoms with Gasteiger partial charge in [-0.15, -0.1) is 0 Å². The first kappa shape index (κ1) is 10.7. The van der Waals surface area contributed by atoms with Crippen molar-refractivity contribution in [1.29, 1.82) is 0 Å². The molecule has 1 N–H and O–H groups in total. The number of carboxylic acid groups (broad SMARTS) is 1. The molecule has 84 valence electrons. The zero-order valence-corrected chi connectivity index (χ0v) is 9.69. The lowest BCUT2D eigenvalue weighted by molar-refractivity contribution is 0.0684. The minimum atomic E-state index is -0.873. The summed E-state index contributed by atoms with van der Waals surface area (Å²) in [5.74, 6) is -0.873. The number of rotatable bonds is 2. The lowest BCUT2D eigenvalue weighted by Crippen LogP contribution is -2.10. The molecule has 0 fully saturated rings. The highest BCUT2D eigenvalue weighted by atomic mass is 16.4. The van der Waals surface area contributed by atoms with Gasteiger partial charge in [0.15, 0.2) is 0 Å².